The monoisotopic (exact) mass is 433 g/mol. The van der Waals surface area contributed by atoms with Gasteiger partial charge in [-0.1, -0.05) is 41.3 Å². The molecular weight excluding hydrogens is 414 g/mol. The highest BCUT2D eigenvalue weighted by atomic mass is 32.2. The molecule has 0 atom stereocenters. The number of nitrogens with zero attached hydrogens (tertiary/aromatic N) is 2. The molecule has 0 bridgehead atoms. The average Bonchev–Trinajstić information content (AvgIpc) is 3.38. The Labute approximate surface area is 175 Å². The zero-order chi connectivity index (χ0) is 19.8. The number of amides is 1. The first-order chi connectivity index (χ1) is 13.6. The number of carbonyl (C=O) groups excluding carboxylic acids is 2. The molecule has 0 spiro atoms. The minimum atomic E-state index is -0.348. The summed E-state index contributed by atoms with van der Waals surface area (Å²) < 4.78 is 5.47. The van der Waals surface area contributed by atoms with Crippen molar-refractivity contribution in [3.05, 3.63) is 57.8 Å². The highest BCUT2D eigenvalue weighted by Crippen LogP contribution is 2.28. The molecule has 28 heavy (non-hydrogen) atoms. The van der Waals surface area contributed by atoms with Crippen molar-refractivity contribution in [1.82, 2.24) is 10.2 Å². The van der Waals surface area contributed by atoms with Gasteiger partial charge in [-0.15, -0.1) is 21.5 Å². The van der Waals surface area contributed by atoms with Crippen molar-refractivity contribution in [2.24, 2.45) is 0 Å². The van der Waals surface area contributed by atoms with Crippen LogP contribution in [0.3, 0.4) is 0 Å². The number of thiophene rings is 1. The minimum absolute atomic E-state index is 0.0392. The Bertz CT molecular complexity index is 908. The number of anilines is 1. The summed E-state index contributed by atoms with van der Waals surface area (Å²) in [7, 11) is 1.36. The Morgan fingerprint density at radius 1 is 1.18 bits per heavy atom. The topological polar surface area (TPSA) is 81.2 Å². The lowest BCUT2D eigenvalue weighted by Crippen LogP contribution is -2.11. The second-order valence-electron chi connectivity index (χ2n) is 5.83. The fourth-order valence-corrected chi connectivity index (χ4v) is 4.85. The molecule has 1 amide bonds. The van der Waals surface area contributed by atoms with Crippen LogP contribution in [0, 0.1) is 0 Å². The first-order valence-electron chi connectivity index (χ1n) is 8.60. The molecule has 2 aromatic heterocycles. The van der Waals surface area contributed by atoms with E-state index in [4.69, 9.17) is 0 Å². The molecule has 3 aromatic rings. The molecule has 6 nitrogen and oxygen atoms in total. The zero-order valence-electron chi connectivity index (χ0n) is 15.2. The van der Waals surface area contributed by atoms with Crippen LogP contribution >= 0.6 is 34.4 Å². The third-order valence-corrected chi connectivity index (χ3v) is 6.78. The Balaban J connectivity index is 1.42. The minimum Gasteiger partial charge on any atom is -0.465 e. The lowest BCUT2D eigenvalue weighted by atomic mass is 10.1. The molecule has 2 heterocycles. The second kappa shape index (κ2) is 10.4. The van der Waals surface area contributed by atoms with Crippen LogP contribution in [0.1, 0.15) is 33.6 Å². The van der Waals surface area contributed by atoms with Gasteiger partial charge < -0.3 is 10.1 Å². The summed E-state index contributed by atoms with van der Waals surface area (Å²) in [5.41, 5.74) is 1.59. The molecule has 1 aromatic carbocycles. The van der Waals surface area contributed by atoms with Crippen molar-refractivity contribution in [2.45, 2.75) is 29.4 Å². The molecule has 0 radical (unpaired) electrons. The fraction of sp³-hybridized carbons (Fsp3) is 0.263. The summed E-state index contributed by atoms with van der Waals surface area (Å²) in [6.45, 7) is 0. The lowest BCUT2D eigenvalue weighted by Gasteiger charge is -2.02. The van der Waals surface area contributed by atoms with Gasteiger partial charge in [-0.2, -0.15) is 0 Å². The number of methoxy groups -OCH3 is 1. The summed E-state index contributed by atoms with van der Waals surface area (Å²) in [6, 6.07) is 11.4. The lowest BCUT2D eigenvalue weighted by molar-refractivity contribution is -0.116. The largest absolute Gasteiger partial charge is 0.465 e. The van der Waals surface area contributed by atoms with E-state index in [-0.39, 0.29) is 11.9 Å². The van der Waals surface area contributed by atoms with Gasteiger partial charge in [0.05, 0.1) is 12.7 Å². The van der Waals surface area contributed by atoms with E-state index in [1.165, 1.54) is 35.1 Å². The summed E-state index contributed by atoms with van der Waals surface area (Å²) in [5.74, 6) is 0.312. The Morgan fingerprint density at radius 3 is 2.71 bits per heavy atom. The number of aryl methyl sites for hydroxylation is 1. The number of hydrogen-bond donors (Lipinski definition) is 1. The summed E-state index contributed by atoms with van der Waals surface area (Å²) in [4.78, 5) is 24.8. The van der Waals surface area contributed by atoms with E-state index in [0.29, 0.717) is 22.9 Å². The van der Waals surface area contributed by atoms with E-state index in [0.717, 1.165) is 22.7 Å². The number of benzene rings is 1. The third kappa shape index (κ3) is 6.15. The van der Waals surface area contributed by atoms with Gasteiger partial charge in [-0.3, -0.25) is 4.79 Å². The Morgan fingerprint density at radius 2 is 2.00 bits per heavy atom. The van der Waals surface area contributed by atoms with E-state index in [1.807, 2.05) is 23.6 Å². The first kappa shape index (κ1) is 20.5. The van der Waals surface area contributed by atoms with Crippen LogP contribution in [-0.2, 0) is 21.7 Å². The van der Waals surface area contributed by atoms with Crippen LogP contribution in [0.5, 0.6) is 0 Å². The maximum Gasteiger partial charge on any atom is 0.337 e. The van der Waals surface area contributed by atoms with Gasteiger partial charge in [0, 0.05) is 17.1 Å². The molecule has 1 N–H and O–H groups in total. The first-order valence-corrected chi connectivity index (χ1v) is 11.3. The predicted molar refractivity (Wildman–Crippen MR) is 113 cm³/mol. The highest BCUT2D eigenvalue weighted by molar-refractivity contribution is 8.00. The van der Waals surface area contributed by atoms with Gasteiger partial charge in [0.1, 0.15) is 0 Å². The second-order valence-corrected chi connectivity index (χ2v) is 9.06. The maximum atomic E-state index is 12.0. The number of carbonyl (C=O) groups is 2. The summed E-state index contributed by atoms with van der Waals surface area (Å²) in [5, 5.41) is 13.5. The van der Waals surface area contributed by atoms with Crippen LogP contribution in [-0.4, -0.2) is 29.2 Å². The van der Waals surface area contributed by atoms with Crippen LogP contribution in [0.25, 0.3) is 0 Å². The van der Waals surface area contributed by atoms with Crippen LogP contribution < -0.4 is 5.32 Å². The van der Waals surface area contributed by atoms with Gasteiger partial charge in [-0.25, -0.2) is 4.79 Å². The van der Waals surface area contributed by atoms with Crippen molar-refractivity contribution in [1.29, 1.82) is 0 Å². The number of thioether (sulfide) groups is 1. The number of ether oxygens (including phenoxy) is 1. The molecule has 0 aliphatic rings. The fourth-order valence-electron chi connectivity index (χ4n) is 2.38. The van der Waals surface area contributed by atoms with Crippen LogP contribution in [0.4, 0.5) is 5.13 Å². The average molecular weight is 434 g/mol. The summed E-state index contributed by atoms with van der Waals surface area (Å²) >= 11 is 4.61. The standard InChI is InChI=1S/C19H19N3O3S3/c1-25-17(24)14-9-7-13(8-10-14)12-27-19-22-21-18(28-19)20-16(23)6-2-4-15-5-3-11-26-15/h3,5,7-11H,2,4,6,12H2,1H3,(H,20,21,23). The quantitative estimate of drug-likeness (QED) is 0.301. The van der Waals surface area contributed by atoms with Gasteiger partial charge >= 0.3 is 5.97 Å². The third-order valence-electron chi connectivity index (χ3n) is 3.80. The maximum absolute atomic E-state index is 12.0. The molecule has 0 saturated heterocycles. The molecule has 3 rings (SSSR count). The Kier molecular flexibility index (Phi) is 7.58. The highest BCUT2D eigenvalue weighted by Gasteiger charge is 2.10. The Hall–Kier alpha value is -2.23. The van der Waals surface area contributed by atoms with Crippen molar-refractivity contribution in [2.75, 3.05) is 12.4 Å². The number of nitrogens with one attached hydrogen (secondary N) is 1. The number of rotatable bonds is 9. The van der Waals surface area contributed by atoms with E-state index < -0.39 is 0 Å². The van der Waals surface area contributed by atoms with Crippen molar-refractivity contribution in [3.8, 4) is 0 Å². The van der Waals surface area contributed by atoms with Crippen LogP contribution in [0.2, 0.25) is 0 Å². The van der Waals surface area contributed by atoms with Gasteiger partial charge in [-0.05, 0) is 42.0 Å². The molecule has 146 valence electrons. The van der Waals surface area contributed by atoms with Crippen LogP contribution in [0.15, 0.2) is 46.1 Å². The SMILES string of the molecule is COC(=O)c1ccc(CSc2nnc(NC(=O)CCCc3cccs3)s2)cc1. The van der Waals surface area contributed by atoms with Gasteiger partial charge in [0.2, 0.25) is 11.0 Å². The predicted octanol–water partition coefficient (Wildman–Crippen LogP) is 4.64. The van der Waals surface area contributed by atoms with Gasteiger partial charge in [0.25, 0.3) is 0 Å². The van der Waals surface area contributed by atoms with Crippen molar-refractivity contribution in [3.63, 3.8) is 0 Å². The van der Waals surface area contributed by atoms with E-state index in [1.54, 1.807) is 23.5 Å². The van der Waals surface area contributed by atoms with E-state index in [9.17, 15) is 9.59 Å². The van der Waals surface area contributed by atoms with Crippen molar-refractivity contribution >= 4 is 51.4 Å². The summed E-state index contributed by atoms with van der Waals surface area (Å²) in [6.07, 6.45) is 2.19. The smallest absolute Gasteiger partial charge is 0.337 e. The molecule has 0 unspecified atom stereocenters. The number of esters is 1. The molecular formula is C19H19N3O3S3. The van der Waals surface area contributed by atoms with E-state index in [2.05, 4.69) is 26.3 Å². The molecule has 0 fully saturated rings. The van der Waals surface area contributed by atoms with Crippen molar-refractivity contribution < 1.29 is 14.3 Å². The van der Waals surface area contributed by atoms with Gasteiger partial charge in [0.15, 0.2) is 4.34 Å². The van der Waals surface area contributed by atoms with E-state index >= 15 is 0 Å². The normalized spacial score (nSPS) is 10.6. The number of hydrogen-bond acceptors (Lipinski definition) is 8. The number of aromatic nitrogens is 2. The molecule has 0 saturated carbocycles. The molecule has 0 aliphatic heterocycles. The zero-order valence-corrected chi connectivity index (χ0v) is 17.7. The molecule has 9 heteroatoms. The molecule has 0 aliphatic carbocycles.